The van der Waals surface area contributed by atoms with Crippen LogP contribution in [0.1, 0.15) is 23.2 Å². The first kappa shape index (κ1) is 20.6. The van der Waals surface area contributed by atoms with Crippen molar-refractivity contribution in [3.05, 3.63) is 58.6 Å². The molecule has 0 bridgehead atoms. The molecular formula is C20H20BrNO5. The van der Waals surface area contributed by atoms with E-state index in [4.69, 9.17) is 4.74 Å². The minimum Gasteiger partial charge on any atom is -0.469 e. The minimum atomic E-state index is -0.954. The second kappa shape index (κ2) is 9.87. The summed E-state index contributed by atoms with van der Waals surface area (Å²) in [5.74, 6) is -1.52. The number of rotatable bonds is 7. The van der Waals surface area contributed by atoms with Crippen LogP contribution in [-0.2, 0) is 19.1 Å². The molecule has 1 amide bonds. The molecule has 142 valence electrons. The Hall–Kier alpha value is -2.67. The maximum absolute atomic E-state index is 12.9. The van der Waals surface area contributed by atoms with Gasteiger partial charge in [-0.25, -0.2) is 4.79 Å². The molecule has 0 spiro atoms. The van der Waals surface area contributed by atoms with Gasteiger partial charge in [0, 0.05) is 16.5 Å². The molecule has 1 unspecified atom stereocenters. The average molecular weight is 434 g/mol. The molecule has 0 fully saturated rings. The zero-order valence-electron chi connectivity index (χ0n) is 15.0. The highest BCUT2D eigenvalue weighted by molar-refractivity contribution is 9.10. The molecule has 1 N–H and O–H groups in total. The summed E-state index contributed by atoms with van der Waals surface area (Å²) in [5.41, 5.74) is 2.01. The fourth-order valence-electron chi connectivity index (χ4n) is 2.57. The lowest BCUT2D eigenvalue weighted by molar-refractivity contribution is -0.144. The molecule has 0 radical (unpaired) electrons. The molecule has 0 saturated carbocycles. The highest BCUT2D eigenvalue weighted by atomic mass is 79.9. The lowest BCUT2D eigenvalue weighted by Gasteiger charge is -2.17. The Morgan fingerprint density at radius 3 is 2.37 bits per heavy atom. The lowest BCUT2D eigenvalue weighted by atomic mass is 9.99. The standard InChI is InChI=1S/C20H20BrNO5/c1-26-18(23)11-10-17(20(25)27-2)22-19(24)16-12-14(21)8-9-15(16)13-6-4-3-5-7-13/h3-9,12,17H,10-11H2,1-2H3,(H,22,24). The van der Waals surface area contributed by atoms with Crippen molar-refractivity contribution in [2.24, 2.45) is 0 Å². The van der Waals surface area contributed by atoms with Crippen molar-refractivity contribution in [2.75, 3.05) is 14.2 Å². The first-order chi connectivity index (χ1) is 13.0. The summed E-state index contributed by atoms with van der Waals surface area (Å²) < 4.78 is 10.1. The van der Waals surface area contributed by atoms with Crippen molar-refractivity contribution >= 4 is 33.8 Å². The van der Waals surface area contributed by atoms with Crippen molar-refractivity contribution in [1.82, 2.24) is 5.32 Å². The van der Waals surface area contributed by atoms with E-state index in [9.17, 15) is 14.4 Å². The quantitative estimate of drug-likeness (QED) is 0.677. The Morgan fingerprint density at radius 1 is 1.04 bits per heavy atom. The van der Waals surface area contributed by atoms with Gasteiger partial charge in [-0.3, -0.25) is 9.59 Å². The Bertz CT molecular complexity index is 822. The van der Waals surface area contributed by atoms with Gasteiger partial charge in [0.05, 0.1) is 14.2 Å². The zero-order chi connectivity index (χ0) is 19.8. The normalized spacial score (nSPS) is 11.4. The van der Waals surface area contributed by atoms with E-state index in [1.807, 2.05) is 42.5 Å². The van der Waals surface area contributed by atoms with Crippen LogP contribution in [-0.4, -0.2) is 38.1 Å². The molecule has 6 nitrogen and oxygen atoms in total. The monoisotopic (exact) mass is 433 g/mol. The summed E-state index contributed by atoms with van der Waals surface area (Å²) in [6, 6.07) is 13.9. The van der Waals surface area contributed by atoms with E-state index < -0.39 is 23.9 Å². The minimum absolute atomic E-state index is 0.0133. The maximum atomic E-state index is 12.9. The van der Waals surface area contributed by atoms with Gasteiger partial charge in [-0.2, -0.15) is 0 Å². The molecule has 2 rings (SSSR count). The van der Waals surface area contributed by atoms with Crippen molar-refractivity contribution in [3.63, 3.8) is 0 Å². The van der Waals surface area contributed by atoms with Gasteiger partial charge >= 0.3 is 11.9 Å². The molecule has 27 heavy (non-hydrogen) atoms. The van der Waals surface area contributed by atoms with Crippen LogP contribution in [0.5, 0.6) is 0 Å². The van der Waals surface area contributed by atoms with E-state index >= 15 is 0 Å². The Labute approximate surface area is 166 Å². The van der Waals surface area contributed by atoms with Crippen LogP contribution in [0.2, 0.25) is 0 Å². The number of nitrogens with one attached hydrogen (secondary N) is 1. The largest absolute Gasteiger partial charge is 0.469 e. The summed E-state index contributed by atoms with van der Waals surface area (Å²) in [5, 5.41) is 2.66. The first-order valence-electron chi connectivity index (χ1n) is 8.26. The number of carbonyl (C=O) groups excluding carboxylic acids is 3. The topological polar surface area (TPSA) is 81.7 Å². The second-order valence-electron chi connectivity index (χ2n) is 5.72. The number of halogens is 1. The molecule has 2 aromatic rings. The fourth-order valence-corrected chi connectivity index (χ4v) is 2.93. The number of ether oxygens (including phenoxy) is 2. The Kier molecular flexibility index (Phi) is 7.55. The molecular weight excluding hydrogens is 414 g/mol. The van der Waals surface area contributed by atoms with Crippen LogP contribution >= 0.6 is 15.9 Å². The van der Waals surface area contributed by atoms with E-state index in [2.05, 4.69) is 26.0 Å². The molecule has 1 atom stereocenters. The third kappa shape index (κ3) is 5.65. The third-order valence-corrected chi connectivity index (χ3v) is 4.46. The van der Waals surface area contributed by atoms with E-state index in [-0.39, 0.29) is 12.8 Å². The van der Waals surface area contributed by atoms with E-state index in [1.54, 1.807) is 6.07 Å². The van der Waals surface area contributed by atoms with Gasteiger partial charge in [0.2, 0.25) is 0 Å². The molecule has 0 aliphatic heterocycles. The Balaban J connectivity index is 2.28. The van der Waals surface area contributed by atoms with Crippen molar-refractivity contribution < 1.29 is 23.9 Å². The SMILES string of the molecule is COC(=O)CCC(NC(=O)c1cc(Br)ccc1-c1ccccc1)C(=O)OC. The number of benzene rings is 2. The van der Waals surface area contributed by atoms with Crippen molar-refractivity contribution in [3.8, 4) is 11.1 Å². The van der Waals surface area contributed by atoms with Gasteiger partial charge in [-0.1, -0.05) is 52.3 Å². The van der Waals surface area contributed by atoms with Crippen LogP contribution in [0, 0.1) is 0 Å². The van der Waals surface area contributed by atoms with Crippen LogP contribution < -0.4 is 5.32 Å². The molecule has 7 heteroatoms. The summed E-state index contributed by atoms with van der Waals surface area (Å²) in [4.78, 5) is 36.3. The van der Waals surface area contributed by atoms with Gasteiger partial charge in [0.25, 0.3) is 5.91 Å². The van der Waals surface area contributed by atoms with Crippen LogP contribution in [0.3, 0.4) is 0 Å². The molecule has 0 aliphatic carbocycles. The van der Waals surface area contributed by atoms with Crippen molar-refractivity contribution in [2.45, 2.75) is 18.9 Å². The van der Waals surface area contributed by atoms with Gasteiger partial charge < -0.3 is 14.8 Å². The maximum Gasteiger partial charge on any atom is 0.328 e. The highest BCUT2D eigenvalue weighted by Crippen LogP contribution is 2.27. The summed E-state index contributed by atoms with van der Waals surface area (Å²) in [6.07, 6.45) is 0.0698. The first-order valence-corrected chi connectivity index (χ1v) is 9.06. The predicted octanol–water partition coefficient (Wildman–Crippen LogP) is 3.34. The molecule has 0 heterocycles. The third-order valence-electron chi connectivity index (χ3n) is 3.97. The summed E-state index contributed by atoms with van der Waals surface area (Å²) >= 11 is 3.37. The van der Waals surface area contributed by atoms with Gasteiger partial charge in [-0.05, 0) is 29.7 Å². The highest BCUT2D eigenvalue weighted by Gasteiger charge is 2.24. The van der Waals surface area contributed by atoms with Crippen LogP contribution in [0.15, 0.2) is 53.0 Å². The molecule has 0 aliphatic rings. The molecule has 0 aromatic heterocycles. The summed E-state index contributed by atoms with van der Waals surface area (Å²) in [7, 11) is 2.50. The van der Waals surface area contributed by atoms with E-state index in [1.165, 1.54) is 14.2 Å². The van der Waals surface area contributed by atoms with Gasteiger partial charge in [-0.15, -0.1) is 0 Å². The second-order valence-corrected chi connectivity index (χ2v) is 6.64. The molecule has 0 saturated heterocycles. The van der Waals surface area contributed by atoms with Crippen LogP contribution in [0.25, 0.3) is 11.1 Å². The average Bonchev–Trinajstić information content (AvgIpc) is 2.70. The number of methoxy groups -OCH3 is 2. The number of esters is 2. The number of hydrogen-bond acceptors (Lipinski definition) is 5. The van der Waals surface area contributed by atoms with Gasteiger partial charge in [0.15, 0.2) is 0 Å². The van der Waals surface area contributed by atoms with E-state index in [0.29, 0.717) is 5.56 Å². The van der Waals surface area contributed by atoms with Gasteiger partial charge in [0.1, 0.15) is 6.04 Å². The van der Waals surface area contributed by atoms with Crippen molar-refractivity contribution in [1.29, 1.82) is 0 Å². The zero-order valence-corrected chi connectivity index (χ0v) is 16.6. The Morgan fingerprint density at radius 2 is 1.74 bits per heavy atom. The lowest BCUT2D eigenvalue weighted by Crippen LogP contribution is -2.42. The smallest absolute Gasteiger partial charge is 0.328 e. The number of carbonyl (C=O) groups is 3. The predicted molar refractivity (Wildman–Crippen MR) is 104 cm³/mol. The molecule has 2 aromatic carbocycles. The number of hydrogen-bond donors (Lipinski definition) is 1. The summed E-state index contributed by atoms with van der Waals surface area (Å²) in [6.45, 7) is 0. The fraction of sp³-hybridized carbons (Fsp3) is 0.250. The number of amides is 1. The van der Waals surface area contributed by atoms with Crippen LogP contribution in [0.4, 0.5) is 0 Å². The van der Waals surface area contributed by atoms with E-state index in [0.717, 1.165) is 15.6 Å².